The minimum atomic E-state index is -0.264. The molecule has 0 bridgehead atoms. The summed E-state index contributed by atoms with van der Waals surface area (Å²) in [5.41, 5.74) is 11.1. The van der Waals surface area contributed by atoms with E-state index in [1.807, 2.05) is 42.5 Å². The van der Waals surface area contributed by atoms with Gasteiger partial charge in [0.05, 0.1) is 14.2 Å². The zero-order valence-corrected chi connectivity index (χ0v) is 21.5. The van der Waals surface area contributed by atoms with Crippen molar-refractivity contribution in [2.75, 3.05) is 31.4 Å². The molecule has 0 aromatic heterocycles. The van der Waals surface area contributed by atoms with E-state index in [0.717, 1.165) is 53.3 Å². The second kappa shape index (κ2) is 10.1. The first kappa shape index (κ1) is 23.8. The summed E-state index contributed by atoms with van der Waals surface area (Å²) in [5.74, 6) is 1.45. The summed E-state index contributed by atoms with van der Waals surface area (Å²) in [6.07, 6.45) is 2.47. The third-order valence-corrected chi connectivity index (χ3v) is 7.24. The molecule has 6 nitrogen and oxygen atoms in total. The van der Waals surface area contributed by atoms with Crippen molar-refractivity contribution in [3.63, 3.8) is 0 Å². The summed E-state index contributed by atoms with van der Waals surface area (Å²) < 4.78 is 11.0. The van der Waals surface area contributed by atoms with Gasteiger partial charge < -0.3 is 20.1 Å². The van der Waals surface area contributed by atoms with Gasteiger partial charge in [-0.15, -0.1) is 0 Å². The highest BCUT2D eigenvalue weighted by molar-refractivity contribution is 6.04. The van der Waals surface area contributed by atoms with Crippen LogP contribution in [-0.2, 0) is 19.3 Å². The summed E-state index contributed by atoms with van der Waals surface area (Å²) in [6.45, 7) is 0.756. The van der Waals surface area contributed by atoms with Gasteiger partial charge in [-0.1, -0.05) is 42.5 Å². The molecule has 2 amide bonds. The Hall–Kier alpha value is -4.58. The lowest BCUT2D eigenvalue weighted by Gasteiger charge is -2.20. The van der Waals surface area contributed by atoms with Crippen molar-refractivity contribution in [3.05, 3.63) is 107 Å². The van der Waals surface area contributed by atoms with E-state index in [-0.39, 0.29) is 6.03 Å². The quantitative estimate of drug-likeness (QED) is 0.278. The van der Waals surface area contributed by atoms with Gasteiger partial charge in [0.1, 0.15) is 0 Å². The number of carbonyl (C=O) groups excluding carboxylic acids is 1. The second-order valence-electron chi connectivity index (χ2n) is 9.60. The number of anilines is 2. The van der Waals surface area contributed by atoms with E-state index >= 15 is 0 Å². The van der Waals surface area contributed by atoms with Crippen LogP contribution in [0.25, 0.3) is 11.1 Å². The average molecular weight is 504 g/mol. The minimum absolute atomic E-state index is 0.264. The molecule has 0 spiro atoms. The van der Waals surface area contributed by atoms with E-state index in [1.165, 1.54) is 27.8 Å². The standard InChI is InChI=1S/C32H29N3O3/c1-37-30-18-22-13-14-33-29(28(22)19-31(30)38-2)15-20-7-9-24(10-8-20)34-32(36)35-25-11-12-27-23(17-25)16-21-5-3-4-6-26(21)27/h3-12,17-19H,13-16H2,1-2H3,(H2,34,35,36). The van der Waals surface area contributed by atoms with E-state index in [0.29, 0.717) is 12.2 Å². The van der Waals surface area contributed by atoms with Gasteiger partial charge in [-0.25, -0.2) is 4.79 Å². The molecule has 2 N–H and O–H groups in total. The molecule has 0 atom stereocenters. The number of amides is 2. The number of fused-ring (bicyclic) bond motifs is 4. The largest absolute Gasteiger partial charge is 0.493 e. The Bertz CT molecular complexity index is 1560. The molecule has 38 heavy (non-hydrogen) atoms. The van der Waals surface area contributed by atoms with Crippen LogP contribution >= 0.6 is 0 Å². The number of nitrogens with zero attached hydrogens (tertiary/aromatic N) is 1. The topological polar surface area (TPSA) is 72.0 Å². The van der Waals surface area contributed by atoms with Crippen molar-refractivity contribution >= 4 is 23.1 Å². The molecule has 0 fully saturated rings. The maximum Gasteiger partial charge on any atom is 0.323 e. The first-order valence-corrected chi connectivity index (χ1v) is 12.8. The Kier molecular flexibility index (Phi) is 6.30. The Morgan fingerprint density at radius 1 is 0.763 bits per heavy atom. The number of aliphatic imine (C=N–C) groups is 1. The van der Waals surface area contributed by atoms with Crippen LogP contribution < -0.4 is 20.1 Å². The van der Waals surface area contributed by atoms with Crippen LogP contribution in [0.15, 0.2) is 83.9 Å². The summed E-state index contributed by atoms with van der Waals surface area (Å²) >= 11 is 0. The van der Waals surface area contributed by atoms with Crippen molar-refractivity contribution in [1.29, 1.82) is 0 Å². The number of hydrogen-bond donors (Lipinski definition) is 2. The number of ether oxygens (including phenoxy) is 2. The maximum atomic E-state index is 12.7. The van der Waals surface area contributed by atoms with E-state index < -0.39 is 0 Å². The van der Waals surface area contributed by atoms with Crippen LogP contribution in [0.2, 0.25) is 0 Å². The molecule has 4 aromatic carbocycles. The molecule has 1 aliphatic carbocycles. The van der Waals surface area contributed by atoms with Crippen LogP contribution in [0.4, 0.5) is 16.2 Å². The molecule has 2 aliphatic rings. The third-order valence-electron chi connectivity index (χ3n) is 7.24. The number of benzene rings is 4. The molecule has 0 unspecified atom stereocenters. The molecule has 0 saturated heterocycles. The van der Waals surface area contributed by atoms with Gasteiger partial charge in [0.25, 0.3) is 0 Å². The van der Waals surface area contributed by atoms with Gasteiger partial charge in [0.2, 0.25) is 0 Å². The lowest BCUT2D eigenvalue weighted by atomic mass is 9.93. The highest BCUT2D eigenvalue weighted by Gasteiger charge is 2.20. The SMILES string of the molecule is COc1cc2c(cc1OC)C(Cc1ccc(NC(=O)Nc3ccc4c(c3)Cc3ccccc3-4)cc1)=NCC2. The highest BCUT2D eigenvalue weighted by Crippen LogP contribution is 2.37. The monoisotopic (exact) mass is 503 g/mol. The molecule has 6 heteroatoms. The molecule has 0 radical (unpaired) electrons. The molecule has 4 aromatic rings. The van der Waals surface area contributed by atoms with Gasteiger partial charge in [-0.05, 0) is 82.6 Å². The molecule has 6 rings (SSSR count). The Morgan fingerprint density at radius 2 is 1.47 bits per heavy atom. The molecule has 0 saturated carbocycles. The lowest BCUT2D eigenvalue weighted by molar-refractivity contribution is 0.262. The van der Waals surface area contributed by atoms with Crippen molar-refractivity contribution in [3.8, 4) is 22.6 Å². The molecule has 190 valence electrons. The summed E-state index contributed by atoms with van der Waals surface area (Å²) in [4.78, 5) is 17.5. The molecular formula is C32H29N3O3. The van der Waals surface area contributed by atoms with Gasteiger partial charge >= 0.3 is 6.03 Å². The first-order chi connectivity index (χ1) is 18.6. The number of carbonyl (C=O) groups is 1. The fraction of sp³-hybridized carbons (Fsp3) is 0.188. The van der Waals surface area contributed by atoms with Gasteiger partial charge in [-0.2, -0.15) is 0 Å². The summed E-state index contributed by atoms with van der Waals surface area (Å²) in [7, 11) is 3.30. The average Bonchev–Trinajstić information content (AvgIpc) is 3.31. The van der Waals surface area contributed by atoms with E-state index in [2.05, 4.69) is 47.0 Å². The third kappa shape index (κ3) is 4.61. The zero-order chi connectivity index (χ0) is 26.1. The van der Waals surface area contributed by atoms with Crippen LogP contribution in [-0.4, -0.2) is 32.5 Å². The molecular weight excluding hydrogens is 474 g/mol. The predicted molar refractivity (Wildman–Crippen MR) is 152 cm³/mol. The fourth-order valence-electron chi connectivity index (χ4n) is 5.36. The van der Waals surface area contributed by atoms with Gasteiger partial charge in [0.15, 0.2) is 11.5 Å². The van der Waals surface area contributed by atoms with Gasteiger partial charge in [0, 0.05) is 35.6 Å². The van der Waals surface area contributed by atoms with Crippen molar-refractivity contribution in [2.45, 2.75) is 19.3 Å². The second-order valence-corrected chi connectivity index (χ2v) is 9.60. The number of urea groups is 1. The van der Waals surface area contributed by atoms with Crippen LogP contribution in [0.3, 0.4) is 0 Å². The molecule has 1 aliphatic heterocycles. The van der Waals surface area contributed by atoms with Crippen molar-refractivity contribution in [2.24, 2.45) is 4.99 Å². The maximum absolute atomic E-state index is 12.7. The fourth-order valence-corrected chi connectivity index (χ4v) is 5.36. The number of nitrogens with one attached hydrogen (secondary N) is 2. The number of hydrogen-bond acceptors (Lipinski definition) is 4. The lowest BCUT2D eigenvalue weighted by Crippen LogP contribution is -2.19. The normalized spacial score (nSPS) is 13.1. The minimum Gasteiger partial charge on any atom is -0.493 e. The smallest absolute Gasteiger partial charge is 0.323 e. The van der Waals surface area contributed by atoms with Crippen molar-refractivity contribution < 1.29 is 14.3 Å². The Morgan fingerprint density at radius 3 is 2.29 bits per heavy atom. The molecule has 1 heterocycles. The van der Waals surface area contributed by atoms with Crippen molar-refractivity contribution in [1.82, 2.24) is 0 Å². The zero-order valence-electron chi connectivity index (χ0n) is 21.5. The first-order valence-electron chi connectivity index (χ1n) is 12.8. The summed E-state index contributed by atoms with van der Waals surface area (Å²) in [6, 6.07) is 26.3. The van der Waals surface area contributed by atoms with Gasteiger partial charge in [-0.3, -0.25) is 4.99 Å². The Balaban J connectivity index is 1.10. The Labute approximate surface area is 222 Å². The summed E-state index contributed by atoms with van der Waals surface area (Å²) in [5, 5.41) is 5.91. The highest BCUT2D eigenvalue weighted by atomic mass is 16.5. The van der Waals surface area contributed by atoms with E-state index in [4.69, 9.17) is 14.5 Å². The number of rotatable bonds is 6. The van der Waals surface area contributed by atoms with Crippen LogP contribution in [0.1, 0.15) is 27.8 Å². The van der Waals surface area contributed by atoms with E-state index in [1.54, 1.807) is 14.2 Å². The van der Waals surface area contributed by atoms with Crippen LogP contribution in [0, 0.1) is 0 Å². The predicted octanol–water partition coefficient (Wildman–Crippen LogP) is 6.51. The van der Waals surface area contributed by atoms with Crippen LogP contribution in [0.5, 0.6) is 11.5 Å². The number of methoxy groups -OCH3 is 2. The van der Waals surface area contributed by atoms with E-state index in [9.17, 15) is 4.79 Å².